The van der Waals surface area contributed by atoms with Gasteiger partial charge in [0.1, 0.15) is 0 Å². The molecule has 0 saturated carbocycles. The Labute approximate surface area is 183 Å². The third-order valence-corrected chi connectivity index (χ3v) is 7.00. The Morgan fingerprint density at radius 1 is 0.857 bits per heavy atom. The molecule has 2 aromatic rings. The van der Waals surface area contributed by atoms with Gasteiger partial charge in [0.25, 0.3) is 0 Å². The van der Waals surface area contributed by atoms with Crippen molar-refractivity contribution in [1.82, 2.24) is 0 Å². The van der Waals surface area contributed by atoms with E-state index in [1.54, 1.807) is 5.57 Å². The van der Waals surface area contributed by atoms with E-state index in [1.807, 2.05) is 0 Å². The third-order valence-electron chi connectivity index (χ3n) is 5.72. The van der Waals surface area contributed by atoms with Crippen LogP contribution in [0.5, 0.6) is 0 Å². The molecule has 28 heavy (non-hydrogen) atoms. The van der Waals surface area contributed by atoms with Gasteiger partial charge in [-0.25, -0.2) is 0 Å². The quantitative estimate of drug-likeness (QED) is 0.565. The zero-order valence-corrected chi connectivity index (χ0v) is 19.9. The molecule has 0 aromatic heterocycles. The number of hydrogen-bond acceptors (Lipinski definition) is 0. The van der Waals surface area contributed by atoms with Crippen molar-refractivity contribution in [3.8, 4) is 0 Å². The fraction of sp³-hybridized carbons (Fsp3) is 0.333. The van der Waals surface area contributed by atoms with Gasteiger partial charge in [0.2, 0.25) is 0 Å². The van der Waals surface area contributed by atoms with E-state index in [-0.39, 0.29) is 0 Å². The van der Waals surface area contributed by atoms with Crippen LogP contribution in [-0.2, 0) is 24.7 Å². The molecule has 0 fully saturated rings. The van der Waals surface area contributed by atoms with Gasteiger partial charge >= 0.3 is 185 Å². The number of fused-ring (bicyclic) bond motifs is 2. The van der Waals surface area contributed by atoms with Crippen LogP contribution in [0, 0.1) is 22.3 Å². The normalized spacial score (nSPS) is 14.6. The fourth-order valence-electron chi connectivity index (χ4n) is 4.71. The van der Waals surface area contributed by atoms with Crippen molar-refractivity contribution < 1.29 is 24.7 Å². The molecule has 141 valence electrons. The summed E-state index contributed by atoms with van der Waals surface area (Å²) in [5, 5.41) is 5.79. The molecule has 0 nitrogen and oxygen atoms in total. The van der Waals surface area contributed by atoms with Gasteiger partial charge in [-0.2, -0.15) is 0 Å². The molecule has 1 heteroatoms. The van der Waals surface area contributed by atoms with E-state index in [9.17, 15) is 0 Å². The Bertz CT molecular complexity index is 1180. The molecule has 2 aliphatic rings. The van der Waals surface area contributed by atoms with Gasteiger partial charge in [-0.15, -0.1) is 0 Å². The molecule has 0 N–H and O–H groups in total. The summed E-state index contributed by atoms with van der Waals surface area (Å²) in [6.07, 6.45) is 10.3. The fourth-order valence-corrected chi connectivity index (χ4v) is 5.88. The van der Waals surface area contributed by atoms with E-state index in [4.69, 9.17) is 0 Å². The predicted octanol–water partition coefficient (Wildman–Crippen LogP) is 5.58. The third kappa shape index (κ3) is 3.59. The molecule has 0 unspecified atom stereocenters. The summed E-state index contributed by atoms with van der Waals surface area (Å²) in [6, 6.07) is 13.8. The standard InChI is InChI=1S/C27H29.Zr/c1-18(2)15-22(16-19(3)4)24-13-14-25-23-12-8-7-11-21(23)17-26(25)27(24)20-9-5-6-10-20;/h5-9,11-14,18-19H,10,15-16H2,1-4H3;. The molecule has 0 bridgehead atoms. The van der Waals surface area contributed by atoms with E-state index >= 15 is 0 Å². The van der Waals surface area contributed by atoms with Crippen molar-refractivity contribution in [2.45, 2.75) is 47.0 Å². The summed E-state index contributed by atoms with van der Waals surface area (Å²) in [5.74, 6) is 1.36. The minimum absolute atomic E-state index is 0.680. The monoisotopic (exact) mass is 443 g/mol. The summed E-state index contributed by atoms with van der Waals surface area (Å²) in [5.41, 5.74) is 6.15. The average Bonchev–Trinajstić information content (AvgIpc) is 3.28. The van der Waals surface area contributed by atoms with Crippen molar-refractivity contribution in [2.75, 3.05) is 0 Å². The van der Waals surface area contributed by atoms with E-state index in [0.29, 0.717) is 11.8 Å². The SMILES string of the molecule is CC(C)CC(CC(C)C)=c1ccc2c(c1C1=CC=CC1)[C]([Zr])=c1ccccc1=2. The Morgan fingerprint density at radius 2 is 1.54 bits per heavy atom. The van der Waals surface area contributed by atoms with E-state index in [0.717, 1.165) is 6.42 Å². The Balaban J connectivity index is 2.13. The number of hydrogen-bond donors (Lipinski definition) is 0. The van der Waals surface area contributed by atoms with Crippen LogP contribution in [0.4, 0.5) is 0 Å². The first-order chi connectivity index (χ1) is 13.5. The first kappa shape index (κ1) is 19.8. The zero-order chi connectivity index (χ0) is 19.8. The average molecular weight is 445 g/mol. The summed E-state index contributed by atoms with van der Waals surface area (Å²) in [7, 11) is 0. The van der Waals surface area contributed by atoms with Crippen LogP contribution in [0.15, 0.2) is 54.6 Å². The summed E-state index contributed by atoms with van der Waals surface area (Å²) >= 11 is 1.51. The summed E-state index contributed by atoms with van der Waals surface area (Å²) in [4.78, 5) is 0. The minimum atomic E-state index is 0.680. The van der Waals surface area contributed by atoms with Crippen LogP contribution in [-0.4, -0.2) is 0 Å². The van der Waals surface area contributed by atoms with Crippen LogP contribution < -0.4 is 10.4 Å². The first-order valence-electron chi connectivity index (χ1n) is 10.5. The molecule has 2 aromatic carbocycles. The van der Waals surface area contributed by atoms with Crippen LogP contribution in [0.1, 0.15) is 58.1 Å². The molecule has 0 heterocycles. The van der Waals surface area contributed by atoms with Gasteiger partial charge in [0.05, 0.1) is 0 Å². The van der Waals surface area contributed by atoms with Gasteiger partial charge in [0.15, 0.2) is 0 Å². The Hall–Kier alpha value is -1.46. The van der Waals surface area contributed by atoms with Crippen molar-refractivity contribution in [2.24, 2.45) is 11.8 Å². The van der Waals surface area contributed by atoms with Gasteiger partial charge in [-0.05, 0) is 0 Å². The van der Waals surface area contributed by atoms with E-state index < -0.39 is 0 Å². The molecule has 0 aliphatic heterocycles. The van der Waals surface area contributed by atoms with Crippen LogP contribution in [0.25, 0.3) is 14.4 Å². The zero-order valence-electron chi connectivity index (χ0n) is 17.5. The van der Waals surface area contributed by atoms with Crippen molar-refractivity contribution in [3.63, 3.8) is 0 Å². The van der Waals surface area contributed by atoms with Gasteiger partial charge < -0.3 is 0 Å². The number of benzene rings is 2. The van der Waals surface area contributed by atoms with Crippen molar-refractivity contribution in [3.05, 3.63) is 86.6 Å². The van der Waals surface area contributed by atoms with Crippen LogP contribution in [0.3, 0.4) is 0 Å². The maximum atomic E-state index is 2.43. The summed E-state index contributed by atoms with van der Waals surface area (Å²) in [6.45, 7) is 9.39. The van der Waals surface area contributed by atoms with Gasteiger partial charge in [-0.3, -0.25) is 0 Å². The second kappa shape index (κ2) is 8.12. The van der Waals surface area contributed by atoms with E-state index in [2.05, 4.69) is 82.3 Å². The second-order valence-electron chi connectivity index (χ2n) is 8.95. The van der Waals surface area contributed by atoms with Crippen molar-refractivity contribution >= 4 is 14.4 Å². The molecule has 0 radical (unpaired) electrons. The van der Waals surface area contributed by atoms with Crippen LogP contribution in [0.2, 0.25) is 0 Å². The molecule has 0 atom stereocenters. The first-order valence-corrected chi connectivity index (χ1v) is 11.8. The Kier molecular flexibility index (Phi) is 5.75. The van der Waals surface area contributed by atoms with Gasteiger partial charge in [-0.1, -0.05) is 0 Å². The summed E-state index contributed by atoms with van der Waals surface area (Å²) < 4.78 is 1.52. The molecule has 2 aliphatic carbocycles. The molecule has 0 amide bonds. The number of rotatable bonds is 5. The molecule has 0 saturated heterocycles. The molecular weight excluding hydrogens is 416 g/mol. The Morgan fingerprint density at radius 3 is 2.14 bits per heavy atom. The molecular formula is C27H29Zr. The van der Waals surface area contributed by atoms with Crippen molar-refractivity contribution in [1.29, 1.82) is 0 Å². The van der Waals surface area contributed by atoms with E-state index in [1.165, 1.54) is 78.4 Å². The maximum absolute atomic E-state index is 2.43. The molecule has 4 rings (SSSR count). The van der Waals surface area contributed by atoms with Gasteiger partial charge in [0, 0.05) is 0 Å². The topological polar surface area (TPSA) is 0 Å². The predicted molar refractivity (Wildman–Crippen MR) is 116 cm³/mol. The van der Waals surface area contributed by atoms with Crippen LogP contribution >= 0.6 is 0 Å². The second-order valence-corrected chi connectivity index (χ2v) is 10.2. The molecule has 0 spiro atoms. The number of allylic oxidation sites excluding steroid dienone is 4.